The van der Waals surface area contributed by atoms with Crippen molar-refractivity contribution in [3.05, 3.63) is 27.8 Å². The fraction of sp³-hybridized carbons (Fsp3) is 0.400. The second kappa shape index (κ2) is 6.55. The Morgan fingerprint density at radius 3 is 1.74 bits per heavy atom. The van der Waals surface area contributed by atoms with Crippen LogP contribution in [-0.2, 0) is 10.1 Å². The van der Waals surface area contributed by atoms with Gasteiger partial charge in [-0.3, -0.25) is 4.55 Å². The Morgan fingerprint density at radius 1 is 1.16 bits per heavy atom. The van der Waals surface area contributed by atoms with Gasteiger partial charge in [-0.25, -0.2) is 0 Å². The smallest absolute Gasteiger partial charge is 0.279 e. The molecule has 0 saturated carbocycles. The minimum atomic E-state index is -5.84. The molecule has 0 atom stereocenters. The quantitative estimate of drug-likeness (QED) is 0.325. The third-order valence-corrected chi connectivity index (χ3v) is 6.06. The van der Waals surface area contributed by atoms with Crippen LogP contribution in [-0.4, -0.2) is 26.6 Å². The van der Waals surface area contributed by atoms with Gasteiger partial charge in [-0.1, -0.05) is 37.8 Å². The summed E-state index contributed by atoms with van der Waals surface area (Å²) >= 11 is 2.42. The van der Waals surface area contributed by atoms with Crippen LogP contribution in [0, 0.1) is 3.57 Å². The maximum atomic E-state index is 10.7. The molecular weight excluding hydrogens is 412 g/mol. The van der Waals surface area contributed by atoms with Gasteiger partial charge in [0.2, 0.25) is 0 Å². The maximum Gasteiger partial charge on any atom is 0.522 e. The highest BCUT2D eigenvalue weighted by molar-refractivity contribution is 14.1. The fourth-order valence-corrected chi connectivity index (χ4v) is 5.28. The number of hydrogen-bond acceptors (Lipinski definition) is 2. The van der Waals surface area contributed by atoms with E-state index in [1.807, 2.05) is 0 Å². The summed E-state index contributed by atoms with van der Waals surface area (Å²) in [6, 6.07) is 8.68. The molecule has 1 aromatic carbocycles. The van der Waals surface area contributed by atoms with Crippen LogP contribution in [0.1, 0.15) is 0 Å². The van der Waals surface area contributed by atoms with Gasteiger partial charge in [-0.2, -0.15) is 21.6 Å². The van der Waals surface area contributed by atoms with E-state index < -0.39 is 23.7 Å². The summed E-state index contributed by atoms with van der Waals surface area (Å²) in [7, 11) is -6.93. The molecule has 1 aromatic rings. The van der Waals surface area contributed by atoms with Gasteiger partial charge in [0.05, 0.1) is 8.07 Å². The number of rotatable bonds is 1. The monoisotopic (exact) mass is 426 g/mol. The van der Waals surface area contributed by atoms with Gasteiger partial charge < -0.3 is 0 Å². The molecule has 0 aliphatic heterocycles. The van der Waals surface area contributed by atoms with Gasteiger partial charge in [0.25, 0.3) is 0 Å². The molecule has 0 unspecified atom stereocenters. The molecule has 0 bridgehead atoms. The lowest BCUT2D eigenvalue weighted by atomic mass is 10.4. The third kappa shape index (κ3) is 6.72. The average molecular weight is 426 g/mol. The molecular formula is C10H14F3IO3SSi. The van der Waals surface area contributed by atoms with Gasteiger partial charge in [-0.15, -0.1) is 0 Å². The van der Waals surface area contributed by atoms with Crippen molar-refractivity contribution in [3.8, 4) is 0 Å². The Balaban J connectivity index is 0.000000362. The Bertz CT molecular complexity index is 524. The standard InChI is InChI=1S/C9H13ISi.CHF3O3S/c1-11(2,3)9-7-5-4-6-8(9)10;2-1(3,4)8(5,6)7/h4-7H,1-3H3;(H,5,6,7). The van der Waals surface area contributed by atoms with Crippen molar-refractivity contribution in [2.45, 2.75) is 25.1 Å². The molecule has 0 radical (unpaired) electrons. The molecule has 1 rings (SSSR count). The van der Waals surface area contributed by atoms with Crippen LogP contribution in [0.25, 0.3) is 0 Å². The zero-order valence-electron chi connectivity index (χ0n) is 10.5. The SMILES string of the molecule is C[Si](C)(C)c1ccccc1I.O=S(=O)(O)C(F)(F)F. The number of halogens is 4. The second-order valence-corrected chi connectivity index (χ2v) is 12.3. The van der Waals surface area contributed by atoms with E-state index in [1.54, 1.807) is 5.19 Å². The minimum Gasteiger partial charge on any atom is -0.279 e. The van der Waals surface area contributed by atoms with Crippen LogP contribution >= 0.6 is 22.6 Å². The summed E-state index contributed by atoms with van der Waals surface area (Å²) in [5.74, 6) is 0. The zero-order chi connectivity index (χ0) is 15.5. The first-order chi connectivity index (χ1) is 8.27. The van der Waals surface area contributed by atoms with E-state index in [2.05, 4.69) is 66.5 Å². The molecule has 0 aromatic heterocycles. The number of benzene rings is 1. The predicted octanol–water partition coefficient (Wildman–Crippen LogP) is 3.23. The number of hydrogen-bond donors (Lipinski definition) is 1. The first kappa shape index (κ1) is 18.9. The van der Waals surface area contributed by atoms with Gasteiger partial charge in [0.15, 0.2) is 0 Å². The van der Waals surface area contributed by atoms with Crippen LogP contribution in [0.4, 0.5) is 13.2 Å². The summed E-state index contributed by atoms with van der Waals surface area (Å²) in [5, 5.41) is 1.57. The van der Waals surface area contributed by atoms with Crippen molar-refractivity contribution in [2.24, 2.45) is 0 Å². The first-order valence-corrected chi connectivity index (χ1v) is 11.1. The molecule has 0 heterocycles. The normalized spacial score (nSPS) is 12.6. The molecule has 0 amide bonds. The highest BCUT2D eigenvalue weighted by Crippen LogP contribution is 2.20. The summed E-state index contributed by atoms with van der Waals surface area (Å²) in [4.78, 5) is 0. The van der Waals surface area contributed by atoms with Crippen molar-refractivity contribution in [1.29, 1.82) is 0 Å². The Morgan fingerprint density at radius 2 is 1.53 bits per heavy atom. The van der Waals surface area contributed by atoms with Gasteiger partial charge >= 0.3 is 15.6 Å². The van der Waals surface area contributed by atoms with Crippen LogP contribution < -0.4 is 5.19 Å². The Kier molecular flexibility index (Phi) is 6.50. The molecule has 110 valence electrons. The fourth-order valence-electron chi connectivity index (χ4n) is 1.07. The number of alkyl halides is 3. The summed E-state index contributed by atoms with van der Waals surface area (Å²) in [6.45, 7) is 7.14. The predicted molar refractivity (Wildman–Crippen MR) is 79.7 cm³/mol. The maximum absolute atomic E-state index is 10.7. The van der Waals surface area contributed by atoms with Crippen molar-refractivity contribution in [1.82, 2.24) is 0 Å². The minimum absolute atomic E-state index is 1.09. The molecule has 9 heteroatoms. The van der Waals surface area contributed by atoms with Crippen molar-refractivity contribution in [2.75, 3.05) is 0 Å². The van der Waals surface area contributed by atoms with E-state index in [0.717, 1.165) is 0 Å². The molecule has 0 spiro atoms. The molecule has 0 fully saturated rings. The van der Waals surface area contributed by atoms with Crippen LogP contribution in [0.2, 0.25) is 19.6 Å². The van der Waals surface area contributed by atoms with E-state index in [1.165, 1.54) is 3.57 Å². The molecule has 0 aliphatic rings. The van der Waals surface area contributed by atoms with Crippen molar-refractivity contribution < 1.29 is 26.1 Å². The van der Waals surface area contributed by atoms with E-state index in [9.17, 15) is 13.2 Å². The van der Waals surface area contributed by atoms with Crippen LogP contribution in [0.3, 0.4) is 0 Å². The highest BCUT2D eigenvalue weighted by atomic mass is 127. The highest BCUT2D eigenvalue weighted by Gasteiger charge is 2.44. The average Bonchev–Trinajstić information content (AvgIpc) is 2.14. The molecule has 0 aliphatic carbocycles. The van der Waals surface area contributed by atoms with Crippen molar-refractivity contribution >= 4 is 46.0 Å². The summed E-state index contributed by atoms with van der Waals surface area (Å²) in [6.07, 6.45) is 0. The summed E-state index contributed by atoms with van der Waals surface area (Å²) in [5.41, 5.74) is -5.53. The van der Waals surface area contributed by atoms with E-state index in [0.29, 0.717) is 0 Å². The van der Waals surface area contributed by atoms with E-state index >= 15 is 0 Å². The topological polar surface area (TPSA) is 54.4 Å². The van der Waals surface area contributed by atoms with Gasteiger partial charge in [-0.05, 0) is 33.8 Å². The molecule has 19 heavy (non-hydrogen) atoms. The molecule has 3 nitrogen and oxygen atoms in total. The van der Waals surface area contributed by atoms with Crippen LogP contribution in [0.5, 0.6) is 0 Å². The van der Waals surface area contributed by atoms with Gasteiger partial charge in [0, 0.05) is 3.57 Å². The van der Waals surface area contributed by atoms with Crippen LogP contribution in [0.15, 0.2) is 24.3 Å². The lowest BCUT2D eigenvalue weighted by Gasteiger charge is -2.17. The summed E-state index contributed by atoms with van der Waals surface area (Å²) < 4.78 is 59.0. The lowest BCUT2D eigenvalue weighted by Crippen LogP contribution is -2.39. The lowest BCUT2D eigenvalue weighted by molar-refractivity contribution is -0.0510. The molecule has 0 saturated heterocycles. The van der Waals surface area contributed by atoms with Crippen molar-refractivity contribution in [3.63, 3.8) is 0 Å². The second-order valence-electron chi connectivity index (χ2n) is 4.65. The third-order valence-electron chi connectivity index (χ3n) is 1.97. The van der Waals surface area contributed by atoms with E-state index in [4.69, 9.17) is 13.0 Å². The largest absolute Gasteiger partial charge is 0.522 e. The molecule has 1 N–H and O–H groups in total. The first-order valence-electron chi connectivity index (χ1n) is 5.05. The van der Waals surface area contributed by atoms with E-state index in [-0.39, 0.29) is 0 Å². The Hall–Kier alpha value is -0.133. The Labute approximate surface area is 125 Å². The zero-order valence-corrected chi connectivity index (χ0v) is 14.5. The van der Waals surface area contributed by atoms with Gasteiger partial charge in [0.1, 0.15) is 0 Å².